The molecule has 3 rings (SSSR count). The number of hydrogen-bond acceptors (Lipinski definition) is 2. The number of anilines is 1. The molecule has 2 unspecified atom stereocenters. The van der Waals surface area contributed by atoms with Gasteiger partial charge in [0.25, 0.3) is 0 Å². The minimum absolute atomic E-state index is 0.822. The molecule has 0 bridgehead atoms. The third kappa shape index (κ3) is 2.71. The van der Waals surface area contributed by atoms with Gasteiger partial charge in [0.2, 0.25) is 0 Å². The Labute approximate surface area is 123 Å². The van der Waals surface area contributed by atoms with E-state index < -0.39 is 0 Å². The number of fused-ring (bicyclic) bond motifs is 1. The average molecular weight is 272 g/mol. The van der Waals surface area contributed by atoms with Crippen LogP contribution >= 0.6 is 0 Å². The Morgan fingerprint density at radius 2 is 2.05 bits per heavy atom. The predicted molar refractivity (Wildman–Crippen MR) is 86.3 cm³/mol. The molecule has 1 heterocycles. The van der Waals surface area contributed by atoms with E-state index in [1.165, 1.54) is 55.5 Å². The molecule has 1 aromatic carbocycles. The monoisotopic (exact) mass is 272 g/mol. The minimum atomic E-state index is 0.822. The van der Waals surface area contributed by atoms with E-state index in [0.717, 1.165) is 25.0 Å². The second kappa shape index (κ2) is 6.17. The molecule has 1 aliphatic heterocycles. The van der Waals surface area contributed by atoms with Crippen LogP contribution in [-0.4, -0.2) is 19.1 Å². The van der Waals surface area contributed by atoms with Gasteiger partial charge in [-0.3, -0.25) is 0 Å². The lowest BCUT2D eigenvalue weighted by molar-refractivity contribution is 0.362. The van der Waals surface area contributed by atoms with Gasteiger partial charge in [-0.05, 0) is 68.3 Å². The van der Waals surface area contributed by atoms with Crippen LogP contribution in [0.1, 0.15) is 50.2 Å². The summed E-state index contributed by atoms with van der Waals surface area (Å²) in [4.78, 5) is 2.70. The summed E-state index contributed by atoms with van der Waals surface area (Å²) in [6, 6.07) is 7.90. The van der Waals surface area contributed by atoms with E-state index >= 15 is 0 Å². The Balaban J connectivity index is 1.77. The summed E-state index contributed by atoms with van der Waals surface area (Å²) in [6.07, 6.45) is 7.13. The summed E-state index contributed by atoms with van der Waals surface area (Å²) < 4.78 is 0. The molecule has 1 aromatic rings. The van der Waals surface area contributed by atoms with Crippen LogP contribution in [-0.2, 0) is 6.54 Å². The van der Waals surface area contributed by atoms with Crippen LogP contribution in [0.2, 0.25) is 0 Å². The van der Waals surface area contributed by atoms with E-state index in [1.807, 2.05) is 0 Å². The van der Waals surface area contributed by atoms with Gasteiger partial charge < -0.3 is 10.2 Å². The molecule has 1 N–H and O–H groups in total. The van der Waals surface area contributed by atoms with Crippen LogP contribution in [0.15, 0.2) is 18.2 Å². The molecule has 1 aliphatic carbocycles. The van der Waals surface area contributed by atoms with Crippen molar-refractivity contribution in [2.75, 3.05) is 18.0 Å². The van der Waals surface area contributed by atoms with Crippen molar-refractivity contribution in [2.45, 2.75) is 58.5 Å². The SMILES string of the molecule is CCNCc1ccc(N2CCCC3CCCC32)cc1C. The molecular formula is C18H28N2. The van der Waals surface area contributed by atoms with Gasteiger partial charge in [-0.25, -0.2) is 0 Å². The van der Waals surface area contributed by atoms with Crippen molar-refractivity contribution in [3.8, 4) is 0 Å². The normalized spacial score (nSPS) is 25.8. The van der Waals surface area contributed by atoms with Gasteiger partial charge in [-0.15, -0.1) is 0 Å². The molecule has 2 heteroatoms. The fourth-order valence-electron chi connectivity index (χ4n) is 4.09. The van der Waals surface area contributed by atoms with Crippen LogP contribution in [0.3, 0.4) is 0 Å². The first-order valence-corrected chi connectivity index (χ1v) is 8.36. The predicted octanol–water partition coefficient (Wildman–Crippen LogP) is 3.87. The fraction of sp³-hybridized carbons (Fsp3) is 0.667. The second-order valence-electron chi connectivity index (χ2n) is 6.49. The highest BCUT2D eigenvalue weighted by Crippen LogP contribution is 2.39. The van der Waals surface area contributed by atoms with E-state index in [1.54, 1.807) is 0 Å². The summed E-state index contributed by atoms with van der Waals surface area (Å²) >= 11 is 0. The molecule has 0 aromatic heterocycles. The van der Waals surface area contributed by atoms with E-state index in [4.69, 9.17) is 0 Å². The van der Waals surface area contributed by atoms with Crippen molar-refractivity contribution < 1.29 is 0 Å². The molecule has 2 fully saturated rings. The molecule has 1 saturated heterocycles. The van der Waals surface area contributed by atoms with Crippen LogP contribution in [0.25, 0.3) is 0 Å². The summed E-state index contributed by atoms with van der Waals surface area (Å²) in [5.41, 5.74) is 4.33. The summed E-state index contributed by atoms with van der Waals surface area (Å²) in [7, 11) is 0. The lowest BCUT2D eigenvalue weighted by Crippen LogP contribution is -2.42. The molecule has 20 heavy (non-hydrogen) atoms. The van der Waals surface area contributed by atoms with E-state index in [-0.39, 0.29) is 0 Å². The van der Waals surface area contributed by atoms with Crippen LogP contribution < -0.4 is 10.2 Å². The maximum Gasteiger partial charge on any atom is 0.0371 e. The summed E-state index contributed by atoms with van der Waals surface area (Å²) in [5, 5.41) is 3.43. The van der Waals surface area contributed by atoms with Crippen LogP contribution in [0.5, 0.6) is 0 Å². The van der Waals surface area contributed by atoms with E-state index in [0.29, 0.717) is 0 Å². The maximum atomic E-state index is 3.43. The number of hydrogen-bond donors (Lipinski definition) is 1. The molecule has 110 valence electrons. The van der Waals surface area contributed by atoms with Gasteiger partial charge in [0.05, 0.1) is 0 Å². The van der Waals surface area contributed by atoms with Crippen molar-refractivity contribution in [3.05, 3.63) is 29.3 Å². The zero-order valence-corrected chi connectivity index (χ0v) is 13.0. The van der Waals surface area contributed by atoms with E-state index in [9.17, 15) is 0 Å². The number of piperidine rings is 1. The van der Waals surface area contributed by atoms with Crippen molar-refractivity contribution in [1.82, 2.24) is 5.32 Å². The Kier molecular flexibility index (Phi) is 4.30. The fourth-order valence-corrected chi connectivity index (χ4v) is 4.09. The molecule has 1 saturated carbocycles. The van der Waals surface area contributed by atoms with Gasteiger partial charge in [-0.2, -0.15) is 0 Å². The Morgan fingerprint density at radius 1 is 1.20 bits per heavy atom. The van der Waals surface area contributed by atoms with Crippen molar-refractivity contribution in [3.63, 3.8) is 0 Å². The topological polar surface area (TPSA) is 15.3 Å². The summed E-state index contributed by atoms with van der Waals surface area (Å²) in [5.74, 6) is 0.963. The van der Waals surface area contributed by atoms with Crippen molar-refractivity contribution in [2.24, 2.45) is 5.92 Å². The first kappa shape index (κ1) is 13.9. The van der Waals surface area contributed by atoms with Gasteiger partial charge in [0, 0.05) is 24.8 Å². The quantitative estimate of drug-likeness (QED) is 0.895. The first-order valence-electron chi connectivity index (χ1n) is 8.36. The highest BCUT2D eigenvalue weighted by atomic mass is 15.2. The molecule has 0 radical (unpaired) electrons. The molecule has 2 atom stereocenters. The number of nitrogens with zero attached hydrogens (tertiary/aromatic N) is 1. The van der Waals surface area contributed by atoms with Crippen molar-refractivity contribution >= 4 is 5.69 Å². The van der Waals surface area contributed by atoms with Gasteiger partial charge in [-0.1, -0.05) is 19.4 Å². The molecule has 2 aliphatic rings. The Bertz CT molecular complexity index is 455. The lowest BCUT2D eigenvalue weighted by Gasteiger charge is -2.39. The van der Waals surface area contributed by atoms with Gasteiger partial charge >= 0.3 is 0 Å². The van der Waals surface area contributed by atoms with Crippen LogP contribution in [0, 0.1) is 12.8 Å². The molecule has 0 spiro atoms. The van der Waals surface area contributed by atoms with Crippen molar-refractivity contribution in [1.29, 1.82) is 0 Å². The average Bonchev–Trinajstić information content (AvgIpc) is 2.94. The maximum absolute atomic E-state index is 3.43. The second-order valence-corrected chi connectivity index (χ2v) is 6.49. The number of benzene rings is 1. The smallest absolute Gasteiger partial charge is 0.0371 e. The lowest BCUT2D eigenvalue weighted by atomic mass is 9.91. The zero-order valence-electron chi connectivity index (χ0n) is 13.0. The van der Waals surface area contributed by atoms with E-state index in [2.05, 4.69) is 42.3 Å². The van der Waals surface area contributed by atoms with Gasteiger partial charge in [0.1, 0.15) is 0 Å². The zero-order chi connectivity index (χ0) is 13.9. The molecular weight excluding hydrogens is 244 g/mol. The third-order valence-corrected chi connectivity index (χ3v) is 5.22. The Morgan fingerprint density at radius 3 is 2.85 bits per heavy atom. The van der Waals surface area contributed by atoms with Crippen LogP contribution in [0.4, 0.5) is 5.69 Å². The number of nitrogens with one attached hydrogen (secondary N) is 1. The first-order chi connectivity index (χ1) is 9.79. The number of aryl methyl sites for hydroxylation is 1. The third-order valence-electron chi connectivity index (χ3n) is 5.22. The Hall–Kier alpha value is -1.02. The minimum Gasteiger partial charge on any atom is -0.368 e. The molecule has 2 nitrogen and oxygen atoms in total. The highest BCUT2D eigenvalue weighted by Gasteiger charge is 2.34. The number of rotatable bonds is 4. The van der Waals surface area contributed by atoms with Gasteiger partial charge in [0.15, 0.2) is 0 Å². The summed E-state index contributed by atoms with van der Waals surface area (Å²) in [6.45, 7) is 7.71. The highest BCUT2D eigenvalue weighted by molar-refractivity contribution is 5.52. The molecule has 0 amide bonds. The standard InChI is InChI=1S/C18H28N2/c1-3-19-13-16-9-10-17(12-14(16)2)20-11-5-7-15-6-4-8-18(15)20/h9-10,12,15,18-19H,3-8,11,13H2,1-2H3. The largest absolute Gasteiger partial charge is 0.368 e.